The van der Waals surface area contributed by atoms with Crippen molar-refractivity contribution in [1.29, 1.82) is 0 Å². The number of hydrogen-bond donors (Lipinski definition) is 2. The van der Waals surface area contributed by atoms with Crippen LogP contribution in [0.5, 0.6) is 0 Å². The molecule has 1 atom stereocenters. The zero-order valence-electron chi connectivity index (χ0n) is 10.0. The van der Waals surface area contributed by atoms with E-state index in [4.69, 9.17) is 17.3 Å². The summed E-state index contributed by atoms with van der Waals surface area (Å²) in [5, 5.41) is 17.0. The third-order valence-corrected chi connectivity index (χ3v) is 3.55. The Kier molecular flexibility index (Phi) is 3.09. The van der Waals surface area contributed by atoms with E-state index in [1.54, 1.807) is 4.52 Å². The Morgan fingerprint density at radius 3 is 3.00 bits per heavy atom. The molecule has 2 aromatic heterocycles. The molecule has 19 heavy (non-hydrogen) atoms. The Balaban J connectivity index is 1.93. The fourth-order valence-corrected chi connectivity index (χ4v) is 2.61. The molecule has 0 aliphatic rings. The minimum atomic E-state index is -0.212. The van der Waals surface area contributed by atoms with Gasteiger partial charge in [0, 0.05) is 10.7 Å². The molecule has 0 bridgehead atoms. The molecule has 0 saturated carbocycles. The normalized spacial score (nSPS) is 12.8. The van der Waals surface area contributed by atoms with Crippen LogP contribution in [0.2, 0.25) is 5.02 Å². The van der Waals surface area contributed by atoms with Crippen molar-refractivity contribution in [3.05, 3.63) is 35.1 Å². The van der Waals surface area contributed by atoms with Gasteiger partial charge in [0.15, 0.2) is 5.82 Å². The van der Waals surface area contributed by atoms with Gasteiger partial charge in [-0.15, -0.1) is 15.3 Å². The van der Waals surface area contributed by atoms with E-state index < -0.39 is 0 Å². The van der Waals surface area contributed by atoms with Crippen molar-refractivity contribution in [3.63, 3.8) is 0 Å². The molecule has 0 aliphatic carbocycles. The molecule has 0 saturated heterocycles. The molecule has 98 valence electrons. The average Bonchev–Trinajstić information content (AvgIpc) is 2.87. The number of benzene rings is 1. The van der Waals surface area contributed by atoms with Gasteiger partial charge in [0.1, 0.15) is 0 Å². The molecule has 3 N–H and O–H groups in total. The zero-order chi connectivity index (χ0) is 13.4. The lowest BCUT2D eigenvalue weighted by molar-refractivity contribution is 0.700. The molecule has 3 aromatic rings. The van der Waals surface area contributed by atoms with Gasteiger partial charge in [0.05, 0.1) is 6.04 Å². The van der Waals surface area contributed by atoms with Crippen LogP contribution in [0.3, 0.4) is 0 Å². The maximum atomic E-state index is 5.93. The van der Waals surface area contributed by atoms with E-state index in [0.717, 1.165) is 5.69 Å². The molecule has 1 unspecified atom stereocenters. The summed E-state index contributed by atoms with van der Waals surface area (Å²) in [6.07, 6.45) is 0. The zero-order valence-corrected chi connectivity index (χ0v) is 11.6. The van der Waals surface area contributed by atoms with Crippen LogP contribution in [0.1, 0.15) is 18.8 Å². The fraction of sp³-hybridized carbons (Fsp3) is 0.182. The summed E-state index contributed by atoms with van der Waals surface area (Å²) in [5.74, 6) is 0.644. The first-order chi connectivity index (χ1) is 9.13. The molecule has 6 nitrogen and oxygen atoms in total. The van der Waals surface area contributed by atoms with Crippen LogP contribution in [-0.4, -0.2) is 19.8 Å². The minimum Gasteiger partial charge on any atom is -0.330 e. The van der Waals surface area contributed by atoms with E-state index in [1.165, 1.54) is 11.3 Å². The average molecular weight is 295 g/mol. The number of nitrogens with two attached hydrogens (primary N) is 1. The molecule has 1 aromatic carbocycles. The van der Waals surface area contributed by atoms with Gasteiger partial charge in [-0.1, -0.05) is 29.0 Å². The van der Waals surface area contributed by atoms with Crippen molar-refractivity contribution in [2.24, 2.45) is 5.73 Å². The fourth-order valence-electron chi connectivity index (χ4n) is 1.66. The number of hydrogen-bond acceptors (Lipinski definition) is 6. The summed E-state index contributed by atoms with van der Waals surface area (Å²) in [4.78, 5) is 0.705. The first-order valence-corrected chi connectivity index (χ1v) is 6.83. The van der Waals surface area contributed by atoms with Gasteiger partial charge < -0.3 is 11.1 Å². The summed E-state index contributed by atoms with van der Waals surface area (Å²) in [6.45, 7) is 1.85. The molecular weight excluding hydrogens is 284 g/mol. The Morgan fingerprint density at radius 2 is 2.26 bits per heavy atom. The number of nitrogens with zero attached hydrogens (tertiary/aromatic N) is 4. The number of aromatic nitrogens is 4. The third-order valence-electron chi connectivity index (χ3n) is 2.50. The summed E-state index contributed by atoms with van der Waals surface area (Å²) in [6, 6.07) is 7.23. The second-order valence-electron chi connectivity index (χ2n) is 4.08. The second-order valence-corrected chi connectivity index (χ2v) is 5.48. The highest BCUT2D eigenvalue weighted by Crippen LogP contribution is 2.25. The maximum absolute atomic E-state index is 5.93. The van der Waals surface area contributed by atoms with E-state index in [2.05, 4.69) is 20.6 Å². The van der Waals surface area contributed by atoms with Crippen molar-refractivity contribution < 1.29 is 0 Å². The van der Waals surface area contributed by atoms with Crippen LogP contribution in [0.15, 0.2) is 24.3 Å². The second kappa shape index (κ2) is 4.76. The molecule has 0 amide bonds. The van der Waals surface area contributed by atoms with Gasteiger partial charge in [0.2, 0.25) is 10.1 Å². The van der Waals surface area contributed by atoms with E-state index in [9.17, 15) is 0 Å². The Bertz CT molecular complexity index is 719. The lowest BCUT2D eigenvalue weighted by Gasteiger charge is -2.02. The van der Waals surface area contributed by atoms with Crippen LogP contribution in [0.25, 0.3) is 4.96 Å². The maximum Gasteiger partial charge on any atom is 0.236 e. The number of halogens is 1. The lowest BCUT2D eigenvalue weighted by Crippen LogP contribution is -2.10. The van der Waals surface area contributed by atoms with Gasteiger partial charge in [0.25, 0.3) is 0 Å². The van der Waals surface area contributed by atoms with Crippen LogP contribution < -0.4 is 11.1 Å². The quantitative estimate of drug-likeness (QED) is 0.776. The number of rotatable bonds is 3. The topological polar surface area (TPSA) is 81.1 Å². The van der Waals surface area contributed by atoms with Crippen LogP contribution in [0, 0.1) is 0 Å². The van der Waals surface area contributed by atoms with Crippen molar-refractivity contribution in [2.45, 2.75) is 13.0 Å². The van der Waals surface area contributed by atoms with Gasteiger partial charge >= 0.3 is 0 Å². The van der Waals surface area contributed by atoms with Crippen LogP contribution >= 0.6 is 22.9 Å². The smallest absolute Gasteiger partial charge is 0.236 e. The lowest BCUT2D eigenvalue weighted by atomic mass is 10.3. The first-order valence-electron chi connectivity index (χ1n) is 5.64. The number of anilines is 2. The predicted octanol–water partition coefficient (Wildman–Crippen LogP) is 2.60. The third kappa shape index (κ3) is 2.40. The summed E-state index contributed by atoms with van der Waals surface area (Å²) >= 11 is 7.34. The first kappa shape index (κ1) is 12.3. The minimum absolute atomic E-state index is 0.212. The molecular formula is C11H11ClN6S. The van der Waals surface area contributed by atoms with Crippen molar-refractivity contribution in [1.82, 2.24) is 19.8 Å². The molecule has 0 radical (unpaired) electrons. The van der Waals surface area contributed by atoms with Crippen LogP contribution in [-0.2, 0) is 0 Å². The Hall–Kier alpha value is -1.70. The van der Waals surface area contributed by atoms with Crippen LogP contribution in [0.4, 0.5) is 10.8 Å². The van der Waals surface area contributed by atoms with E-state index in [1.807, 2.05) is 31.2 Å². The van der Waals surface area contributed by atoms with E-state index in [0.29, 0.717) is 20.9 Å². The molecule has 8 heteroatoms. The summed E-state index contributed by atoms with van der Waals surface area (Å²) < 4.78 is 1.65. The monoisotopic (exact) mass is 294 g/mol. The highest BCUT2D eigenvalue weighted by molar-refractivity contribution is 7.20. The summed E-state index contributed by atoms with van der Waals surface area (Å²) in [5.41, 5.74) is 6.68. The highest BCUT2D eigenvalue weighted by atomic mass is 35.5. The van der Waals surface area contributed by atoms with Gasteiger partial charge in [-0.25, -0.2) is 0 Å². The number of fused-ring (bicyclic) bond motifs is 1. The Labute approximate surface area is 118 Å². The van der Waals surface area contributed by atoms with E-state index in [-0.39, 0.29) is 6.04 Å². The number of nitrogens with one attached hydrogen (secondary N) is 1. The largest absolute Gasteiger partial charge is 0.330 e. The SMILES string of the molecule is CC(N)c1nnc2sc(Nc3cccc(Cl)c3)nn12. The van der Waals surface area contributed by atoms with Crippen molar-refractivity contribution in [3.8, 4) is 0 Å². The Morgan fingerprint density at radius 1 is 1.42 bits per heavy atom. The molecule has 0 spiro atoms. The standard InChI is InChI=1S/C11H11ClN6S/c1-6(13)9-15-16-11-18(9)17-10(19-11)14-8-4-2-3-7(12)5-8/h2-6H,13H2,1H3,(H,14,17). The van der Waals surface area contributed by atoms with Gasteiger partial charge in [-0.3, -0.25) is 0 Å². The molecule has 0 aliphatic heterocycles. The van der Waals surface area contributed by atoms with Gasteiger partial charge in [-0.05, 0) is 25.1 Å². The van der Waals surface area contributed by atoms with E-state index >= 15 is 0 Å². The molecule has 2 heterocycles. The summed E-state index contributed by atoms with van der Waals surface area (Å²) in [7, 11) is 0. The molecule has 0 fully saturated rings. The predicted molar refractivity (Wildman–Crippen MR) is 76.0 cm³/mol. The van der Waals surface area contributed by atoms with Crippen molar-refractivity contribution in [2.75, 3.05) is 5.32 Å². The molecule has 3 rings (SSSR count). The van der Waals surface area contributed by atoms with Gasteiger partial charge in [-0.2, -0.15) is 4.52 Å². The highest BCUT2D eigenvalue weighted by Gasteiger charge is 2.14. The van der Waals surface area contributed by atoms with Crippen molar-refractivity contribution >= 4 is 38.7 Å².